The van der Waals surface area contributed by atoms with E-state index in [9.17, 15) is 22.7 Å². The van der Waals surface area contributed by atoms with Crippen molar-refractivity contribution in [1.29, 1.82) is 0 Å². The Hall–Kier alpha value is -3.17. The summed E-state index contributed by atoms with van der Waals surface area (Å²) in [5.41, 5.74) is 1.89. The number of hydrogen-bond donors (Lipinski definition) is 2. The monoisotopic (exact) mass is 485 g/mol. The quantitative estimate of drug-likeness (QED) is 0.463. The van der Waals surface area contributed by atoms with Gasteiger partial charge in [-0.1, -0.05) is 26.0 Å². The lowest BCUT2D eigenvalue weighted by Crippen LogP contribution is -2.22. The molecule has 1 aliphatic heterocycles. The van der Waals surface area contributed by atoms with E-state index in [0.717, 1.165) is 55.8 Å². The highest BCUT2D eigenvalue weighted by Crippen LogP contribution is 2.34. The molecule has 34 heavy (non-hydrogen) atoms. The highest BCUT2D eigenvalue weighted by molar-refractivity contribution is 7.92. The number of fused-ring (bicyclic) bond motifs is 3. The van der Waals surface area contributed by atoms with Gasteiger partial charge in [0.25, 0.3) is 10.0 Å². The first-order valence-corrected chi connectivity index (χ1v) is 12.8. The molecule has 0 aliphatic carbocycles. The van der Waals surface area contributed by atoms with Gasteiger partial charge in [-0.15, -0.1) is 0 Å². The van der Waals surface area contributed by atoms with E-state index in [1.165, 1.54) is 12.1 Å². The van der Waals surface area contributed by atoms with Gasteiger partial charge in [-0.25, -0.2) is 17.6 Å². The molecule has 4 rings (SSSR count). The molecule has 0 radical (unpaired) electrons. The lowest BCUT2D eigenvalue weighted by Gasteiger charge is -2.15. The van der Waals surface area contributed by atoms with E-state index in [0.29, 0.717) is 11.9 Å². The van der Waals surface area contributed by atoms with Gasteiger partial charge in [-0.2, -0.15) is 0 Å². The minimum Gasteiger partial charge on any atom is -0.478 e. The van der Waals surface area contributed by atoms with Crippen molar-refractivity contribution >= 4 is 38.7 Å². The SMILES string of the molecule is CCN(CC)C/C=C\c1cc(F)ccc1S(=O)(=O)Nc1ccc2c(cc3n2CCC3)c1C(=O)O. The summed E-state index contributed by atoms with van der Waals surface area (Å²) in [5.74, 6) is -1.77. The van der Waals surface area contributed by atoms with Gasteiger partial charge in [0.05, 0.1) is 16.1 Å². The topological polar surface area (TPSA) is 91.6 Å². The first kappa shape index (κ1) is 24.0. The third kappa shape index (κ3) is 4.58. The molecule has 2 aromatic carbocycles. The fraction of sp³-hybridized carbons (Fsp3) is 0.320. The zero-order valence-corrected chi connectivity index (χ0v) is 20.0. The Morgan fingerprint density at radius 1 is 1.21 bits per heavy atom. The van der Waals surface area contributed by atoms with E-state index in [2.05, 4.69) is 14.2 Å². The van der Waals surface area contributed by atoms with Crippen LogP contribution < -0.4 is 4.72 Å². The zero-order chi connectivity index (χ0) is 24.5. The first-order valence-electron chi connectivity index (χ1n) is 11.3. The molecule has 9 heteroatoms. The fourth-order valence-corrected chi connectivity index (χ4v) is 5.75. The van der Waals surface area contributed by atoms with Gasteiger partial charge in [-0.05, 0) is 67.9 Å². The zero-order valence-electron chi connectivity index (χ0n) is 19.2. The maximum absolute atomic E-state index is 14.0. The number of likely N-dealkylation sites (N-methyl/N-ethyl adjacent to an activating group) is 1. The Balaban J connectivity index is 1.72. The average Bonchev–Trinajstić information content (AvgIpc) is 3.37. The predicted molar refractivity (Wildman–Crippen MR) is 131 cm³/mol. The van der Waals surface area contributed by atoms with Crippen molar-refractivity contribution in [3.8, 4) is 0 Å². The van der Waals surface area contributed by atoms with Gasteiger partial charge in [0.2, 0.25) is 0 Å². The van der Waals surface area contributed by atoms with E-state index in [4.69, 9.17) is 0 Å². The molecule has 0 unspecified atom stereocenters. The van der Waals surface area contributed by atoms with Crippen LogP contribution in [0.25, 0.3) is 17.0 Å². The minimum absolute atomic E-state index is 0.0216. The minimum atomic E-state index is -4.19. The lowest BCUT2D eigenvalue weighted by atomic mass is 10.1. The summed E-state index contributed by atoms with van der Waals surface area (Å²) in [7, 11) is -4.19. The first-order chi connectivity index (χ1) is 16.2. The number of nitrogens with one attached hydrogen (secondary N) is 1. The van der Waals surface area contributed by atoms with E-state index in [-0.39, 0.29) is 21.7 Å². The average molecular weight is 486 g/mol. The Kier molecular flexibility index (Phi) is 6.77. The van der Waals surface area contributed by atoms with E-state index in [1.807, 2.05) is 19.9 Å². The Morgan fingerprint density at radius 3 is 2.68 bits per heavy atom. The number of carbonyl (C=O) groups is 1. The van der Waals surface area contributed by atoms with E-state index in [1.54, 1.807) is 18.2 Å². The van der Waals surface area contributed by atoms with Crippen LogP contribution in [0.5, 0.6) is 0 Å². The molecule has 1 aliphatic rings. The summed E-state index contributed by atoms with van der Waals surface area (Å²) in [5, 5.41) is 10.4. The van der Waals surface area contributed by atoms with Crippen LogP contribution in [-0.4, -0.2) is 48.6 Å². The van der Waals surface area contributed by atoms with Crippen LogP contribution in [-0.2, 0) is 23.0 Å². The largest absolute Gasteiger partial charge is 0.478 e. The molecule has 0 amide bonds. The summed E-state index contributed by atoms with van der Waals surface area (Å²) in [6.45, 7) is 7.12. The third-order valence-corrected chi connectivity index (χ3v) is 7.70. The van der Waals surface area contributed by atoms with Crippen molar-refractivity contribution in [2.75, 3.05) is 24.4 Å². The molecule has 2 N–H and O–H groups in total. The molecule has 0 spiro atoms. The van der Waals surface area contributed by atoms with Crippen molar-refractivity contribution in [2.45, 2.75) is 38.1 Å². The van der Waals surface area contributed by atoms with Crippen molar-refractivity contribution in [1.82, 2.24) is 9.47 Å². The Morgan fingerprint density at radius 2 is 1.97 bits per heavy atom. The smallest absolute Gasteiger partial charge is 0.338 e. The van der Waals surface area contributed by atoms with E-state index >= 15 is 0 Å². The number of carboxylic acid groups (broad SMARTS) is 1. The summed E-state index contributed by atoms with van der Waals surface area (Å²) >= 11 is 0. The number of hydrogen-bond acceptors (Lipinski definition) is 4. The molecular formula is C25H28FN3O4S. The Bertz CT molecular complexity index is 1370. The number of benzene rings is 2. The van der Waals surface area contributed by atoms with Crippen LogP contribution in [0.15, 0.2) is 47.4 Å². The summed E-state index contributed by atoms with van der Waals surface area (Å²) in [6.07, 6.45) is 5.22. The number of nitrogens with zero attached hydrogens (tertiary/aromatic N) is 2. The molecule has 7 nitrogen and oxygen atoms in total. The number of aryl methyl sites for hydroxylation is 2. The number of aromatic nitrogens is 1. The van der Waals surface area contributed by atoms with Crippen molar-refractivity contribution < 1.29 is 22.7 Å². The number of sulfonamides is 1. The van der Waals surface area contributed by atoms with Gasteiger partial charge >= 0.3 is 5.97 Å². The van der Waals surface area contributed by atoms with Crippen molar-refractivity contribution in [2.24, 2.45) is 0 Å². The second-order valence-electron chi connectivity index (χ2n) is 8.29. The molecular weight excluding hydrogens is 457 g/mol. The summed E-state index contributed by atoms with van der Waals surface area (Å²) in [6, 6.07) is 8.48. The number of halogens is 1. The molecule has 0 bridgehead atoms. The maximum Gasteiger partial charge on any atom is 0.338 e. The molecule has 0 saturated carbocycles. The molecule has 0 fully saturated rings. The second-order valence-corrected chi connectivity index (χ2v) is 9.94. The second kappa shape index (κ2) is 9.60. The van der Waals surface area contributed by atoms with Gasteiger partial charge in [0.15, 0.2) is 0 Å². The lowest BCUT2D eigenvalue weighted by molar-refractivity contribution is 0.0700. The van der Waals surface area contributed by atoms with Crippen LogP contribution in [0.4, 0.5) is 10.1 Å². The standard InChI is InChI=1S/C25H28FN3O4S/c1-3-28(4-2)13-5-7-17-15-18(26)9-12-23(17)34(32,33)27-21-10-11-22-20(24(21)25(30)31)16-19-8-6-14-29(19)22/h5,7,9-12,15-16,27H,3-4,6,8,13-14H2,1-2H3,(H,30,31)/b7-5-. The normalized spacial score (nSPS) is 13.8. The number of carboxylic acids is 1. The maximum atomic E-state index is 14.0. The molecule has 3 aromatic rings. The van der Waals surface area contributed by atoms with Crippen LogP contribution in [0.3, 0.4) is 0 Å². The molecule has 0 atom stereocenters. The number of anilines is 1. The Labute approximate surface area is 198 Å². The summed E-state index contributed by atoms with van der Waals surface area (Å²) in [4.78, 5) is 14.2. The summed E-state index contributed by atoms with van der Waals surface area (Å²) < 4.78 is 45.1. The van der Waals surface area contributed by atoms with E-state index < -0.39 is 21.8 Å². The van der Waals surface area contributed by atoms with Crippen LogP contribution in [0, 0.1) is 5.82 Å². The van der Waals surface area contributed by atoms with Crippen molar-refractivity contribution in [3.05, 3.63) is 65.1 Å². The molecule has 2 heterocycles. The van der Waals surface area contributed by atoms with Gasteiger partial charge in [0, 0.05) is 29.7 Å². The predicted octanol–water partition coefficient (Wildman–Crippen LogP) is 4.58. The van der Waals surface area contributed by atoms with Gasteiger partial charge in [-0.3, -0.25) is 4.72 Å². The third-order valence-electron chi connectivity index (χ3n) is 6.26. The van der Waals surface area contributed by atoms with Crippen LogP contribution >= 0.6 is 0 Å². The van der Waals surface area contributed by atoms with Gasteiger partial charge < -0.3 is 14.6 Å². The fourth-order valence-electron chi connectivity index (χ4n) is 4.50. The van der Waals surface area contributed by atoms with Crippen molar-refractivity contribution in [3.63, 3.8) is 0 Å². The van der Waals surface area contributed by atoms with Gasteiger partial charge in [0.1, 0.15) is 5.82 Å². The van der Waals surface area contributed by atoms with Crippen LogP contribution in [0.2, 0.25) is 0 Å². The number of aromatic carboxylic acids is 1. The number of rotatable bonds is 9. The molecule has 180 valence electrons. The molecule has 0 saturated heterocycles. The highest BCUT2D eigenvalue weighted by atomic mass is 32.2. The van der Waals surface area contributed by atoms with Crippen LogP contribution in [0.1, 0.15) is 41.9 Å². The molecule has 1 aromatic heterocycles. The highest BCUT2D eigenvalue weighted by Gasteiger charge is 2.25.